The fraction of sp³-hybridized carbons (Fsp3) is 0.0500. The SMILES string of the molecule is O=C1Cc2cc(Cl)ccc2N(c2ccccc2)c2ccccc21. The average Bonchev–Trinajstić information content (AvgIpc) is 2.70. The standard InChI is InChI=1S/C20H14ClNO/c21-15-10-11-18-14(12-15)13-20(23)17-8-4-5-9-19(17)22(18)16-6-2-1-3-7-16/h1-12H,13H2. The molecule has 2 nitrogen and oxygen atoms in total. The van der Waals surface area contributed by atoms with E-state index in [1.165, 1.54) is 0 Å². The molecular weight excluding hydrogens is 306 g/mol. The van der Waals surface area contributed by atoms with Gasteiger partial charge in [-0.05, 0) is 48.0 Å². The van der Waals surface area contributed by atoms with Gasteiger partial charge in [0.25, 0.3) is 0 Å². The molecule has 112 valence electrons. The van der Waals surface area contributed by atoms with Crippen LogP contribution in [0, 0.1) is 0 Å². The van der Waals surface area contributed by atoms with E-state index in [4.69, 9.17) is 11.6 Å². The largest absolute Gasteiger partial charge is 0.309 e. The Morgan fingerprint density at radius 3 is 2.39 bits per heavy atom. The number of carbonyl (C=O) groups excluding carboxylic acids is 1. The highest BCUT2D eigenvalue weighted by Crippen LogP contribution is 2.42. The van der Waals surface area contributed by atoms with Crippen molar-refractivity contribution in [1.29, 1.82) is 0 Å². The van der Waals surface area contributed by atoms with Crippen molar-refractivity contribution in [3.05, 3.63) is 88.9 Å². The third-order valence-electron chi connectivity index (χ3n) is 4.09. The summed E-state index contributed by atoms with van der Waals surface area (Å²) in [5.41, 5.74) is 4.62. The van der Waals surface area contributed by atoms with Gasteiger partial charge in [0.15, 0.2) is 5.78 Å². The number of anilines is 3. The Kier molecular flexibility index (Phi) is 3.40. The first-order valence-corrected chi connectivity index (χ1v) is 7.88. The maximum atomic E-state index is 12.7. The van der Waals surface area contributed by atoms with Crippen LogP contribution >= 0.6 is 11.6 Å². The van der Waals surface area contributed by atoms with Crippen molar-refractivity contribution in [3.8, 4) is 0 Å². The van der Waals surface area contributed by atoms with Crippen LogP contribution in [0.3, 0.4) is 0 Å². The van der Waals surface area contributed by atoms with Crippen LogP contribution in [0.4, 0.5) is 17.1 Å². The molecule has 3 aromatic rings. The van der Waals surface area contributed by atoms with Crippen molar-refractivity contribution in [3.63, 3.8) is 0 Å². The van der Waals surface area contributed by atoms with Gasteiger partial charge in [-0.2, -0.15) is 0 Å². The van der Waals surface area contributed by atoms with Crippen molar-refractivity contribution in [2.24, 2.45) is 0 Å². The van der Waals surface area contributed by atoms with Gasteiger partial charge in [0.1, 0.15) is 0 Å². The van der Waals surface area contributed by atoms with Gasteiger partial charge in [-0.1, -0.05) is 41.9 Å². The monoisotopic (exact) mass is 319 g/mol. The van der Waals surface area contributed by atoms with E-state index in [-0.39, 0.29) is 5.78 Å². The lowest BCUT2D eigenvalue weighted by molar-refractivity contribution is 0.0994. The molecule has 1 heterocycles. The van der Waals surface area contributed by atoms with Crippen molar-refractivity contribution in [2.45, 2.75) is 6.42 Å². The van der Waals surface area contributed by atoms with Gasteiger partial charge in [-0.25, -0.2) is 0 Å². The molecule has 23 heavy (non-hydrogen) atoms. The first-order chi connectivity index (χ1) is 11.2. The van der Waals surface area contributed by atoms with E-state index >= 15 is 0 Å². The highest BCUT2D eigenvalue weighted by Gasteiger charge is 2.26. The van der Waals surface area contributed by atoms with Gasteiger partial charge in [-0.15, -0.1) is 0 Å². The van der Waals surface area contributed by atoms with Crippen LogP contribution in [0.1, 0.15) is 15.9 Å². The average molecular weight is 320 g/mol. The summed E-state index contributed by atoms with van der Waals surface area (Å²) in [6.07, 6.45) is 0.357. The Labute approximate surface area is 139 Å². The summed E-state index contributed by atoms with van der Waals surface area (Å²) in [5.74, 6) is 0.113. The summed E-state index contributed by atoms with van der Waals surface area (Å²) in [7, 11) is 0. The molecule has 0 spiro atoms. The molecule has 0 amide bonds. The molecule has 1 aliphatic heterocycles. The first-order valence-electron chi connectivity index (χ1n) is 7.50. The van der Waals surface area contributed by atoms with Crippen LogP contribution in [0.15, 0.2) is 72.8 Å². The zero-order valence-electron chi connectivity index (χ0n) is 12.4. The molecule has 4 rings (SSSR count). The minimum Gasteiger partial charge on any atom is -0.309 e. The first kappa shape index (κ1) is 14.0. The van der Waals surface area contributed by atoms with Gasteiger partial charge in [-0.3, -0.25) is 4.79 Å². The number of nitrogens with zero attached hydrogens (tertiary/aromatic N) is 1. The number of carbonyl (C=O) groups is 1. The fourth-order valence-electron chi connectivity index (χ4n) is 3.07. The van der Waals surface area contributed by atoms with E-state index in [0.29, 0.717) is 11.4 Å². The molecule has 0 aliphatic carbocycles. The number of hydrogen-bond donors (Lipinski definition) is 0. The zero-order chi connectivity index (χ0) is 15.8. The van der Waals surface area contributed by atoms with E-state index in [0.717, 1.165) is 28.2 Å². The number of Topliss-reactive ketones (excluding diaryl/α,β-unsaturated/α-hetero) is 1. The molecule has 0 aromatic heterocycles. The lowest BCUT2D eigenvalue weighted by Crippen LogP contribution is -2.11. The molecule has 3 heteroatoms. The topological polar surface area (TPSA) is 20.3 Å². The number of ketones is 1. The summed E-state index contributed by atoms with van der Waals surface area (Å²) in [6.45, 7) is 0. The molecule has 0 saturated carbocycles. The van der Waals surface area contributed by atoms with E-state index in [1.807, 2.05) is 72.8 Å². The molecule has 0 bridgehead atoms. The molecule has 0 unspecified atom stereocenters. The van der Waals surface area contributed by atoms with Crippen LogP contribution in [0.5, 0.6) is 0 Å². The van der Waals surface area contributed by atoms with Crippen molar-refractivity contribution in [2.75, 3.05) is 4.90 Å². The van der Waals surface area contributed by atoms with Crippen LogP contribution in [-0.4, -0.2) is 5.78 Å². The van der Waals surface area contributed by atoms with E-state index in [2.05, 4.69) is 4.90 Å². The highest BCUT2D eigenvalue weighted by atomic mass is 35.5. The van der Waals surface area contributed by atoms with Gasteiger partial charge in [0, 0.05) is 28.4 Å². The maximum Gasteiger partial charge on any atom is 0.169 e. The Bertz CT molecular complexity index is 889. The Hall–Kier alpha value is -2.58. The quantitative estimate of drug-likeness (QED) is 0.586. The number of benzene rings is 3. The van der Waals surface area contributed by atoms with Crippen LogP contribution in [0.25, 0.3) is 0 Å². The summed E-state index contributed by atoms with van der Waals surface area (Å²) >= 11 is 6.15. The highest BCUT2D eigenvalue weighted by molar-refractivity contribution is 6.30. The number of hydrogen-bond acceptors (Lipinski definition) is 2. The Morgan fingerprint density at radius 1 is 0.826 bits per heavy atom. The molecular formula is C20H14ClNO. The van der Waals surface area contributed by atoms with Gasteiger partial charge < -0.3 is 4.90 Å². The van der Waals surface area contributed by atoms with E-state index in [1.54, 1.807) is 0 Å². The summed E-state index contributed by atoms with van der Waals surface area (Å²) < 4.78 is 0. The number of fused-ring (bicyclic) bond motifs is 2. The summed E-state index contributed by atoms with van der Waals surface area (Å²) in [5, 5.41) is 0.649. The lowest BCUT2D eigenvalue weighted by atomic mass is 10.0. The maximum absolute atomic E-state index is 12.7. The van der Waals surface area contributed by atoms with E-state index in [9.17, 15) is 4.79 Å². The predicted octanol–water partition coefficient (Wildman–Crippen LogP) is 5.55. The second kappa shape index (κ2) is 5.56. The molecule has 1 aliphatic rings. The van der Waals surface area contributed by atoms with Crippen LogP contribution in [-0.2, 0) is 6.42 Å². The summed E-state index contributed by atoms with van der Waals surface area (Å²) in [4.78, 5) is 14.8. The van der Waals surface area contributed by atoms with Crippen molar-refractivity contribution < 1.29 is 4.79 Å². The second-order valence-electron chi connectivity index (χ2n) is 5.56. The molecule has 0 N–H and O–H groups in total. The molecule has 3 aromatic carbocycles. The molecule has 0 saturated heterocycles. The smallest absolute Gasteiger partial charge is 0.169 e. The number of para-hydroxylation sites is 2. The van der Waals surface area contributed by atoms with Crippen LogP contribution in [0.2, 0.25) is 5.02 Å². The van der Waals surface area contributed by atoms with E-state index < -0.39 is 0 Å². The van der Waals surface area contributed by atoms with Crippen LogP contribution < -0.4 is 4.90 Å². The number of halogens is 1. The normalized spacial score (nSPS) is 13.3. The fourth-order valence-corrected chi connectivity index (χ4v) is 3.27. The minimum absolute atomic E-state index is 0.113. The molecule has 0 radical (unpaired) electrons. The Morgan fingerprint density at radius 2 is 1.57 bits per heavy atom. The molecule has 0 fully saturated rings. The van der Waals surface area contributed by atoms with Crippen molar-refractivity contribution >= 4 is 34.4 Å². The zero-order valence-corrected chi connectivity index (χ0v) is 13.1. The summed E-state index contributed by atoms with van der Waals surface area (Å²) in [6, 6.07) is 23.6. The molecule has 0 atom stereocenters. The Balaban J connectivity index is 2.03. The lowest BCUT2D eigenvalue weighted by Gasteiger charge is -2.26. The minimum atomic E-state index is 0.113. The van der Waals surface area contributed by atoms with Gasteiger partial charge in [0.2, 0.25) is 0 Å². The predicted molar refractivity (Wildman–Crippen MR) is 94.2 cm³/mol. The van der Waals surface area contributed by atoms with Crippen molar-refractivity contribution in [1.82, 2.24) is 0 Å². The third kappa shape index (κ3) is 2.41. The van der Waals surface area contributed by atoms with Gasteiger partial charge in [0.05, 0.1) is 5.69 Å². The van der Waals surface area contributed by atoms with Gasteiger partial charge >= 0.3 is 0 Å². The third-order valence-corrected chi connectivity index (χ3v) is 4.33. The number of rotatable bonds is 1. The second-order valence-corrected chi connectivity index (χ2v) is 6.00.